The normalized spacial score (nSPS) is 13.0. The summed E-state index contributed by atoms with van der Waals surface area (Å²) in [6.07, 6.45) is -1.64. The van der Waals surface area contributed by atoms with Crippen LogP contribution in [0.5, 0.6) is 5.75 Å². The summed E-state index contributed by atoms with van der Waals surface area (Å²) in [5.74, 6) is -1.78. The van der Waals surface area contributed by atoms with E-state index in [1.54, 1.807) is 24.3 Å². The molecule has 0 bridgehead atoms. The van der Waals surface area contributed by atoms with Gasteiger partial charge in [0.2, 0.25) is 0 Å². The average molecular weight is 382 g/mol. The topological polar surface area (TPSA) is 35.5 Å². The first-order valence-corrected chi connectivity index (χ1v) is 8.22. The third-order valence-electron chi connectivity index (χ3n) is 3.62. The number of hydrogen-bond acceptors (Lipinski definition) is 3. The molecule has 0 saturated carbocycles. The first kappa shape index (κ1) is 20.6. The van der Waals surface area contributed by atoms with Gasteiger partial charge in [-0.2, -0.15) is 0 Å². The highest BCUT2D eigenvalue weighted by atomic mass is 19.4. The summed E-state index contributed by atoms with van der Waals surface area (Å²) in [4.78, 5) is 12.1. The molecule has 2 aromatic carbocycles. The second kappa shape index (κ2) is 8.81. The molecule has 0 aliphatic carbocycles. The molecule has 0 fully saturated rings. The summed E-state index contributed by atoms with van der Waals surface area (Å²) >= 11 is 0. The smallest absolute Gasteiger partial charge is 0.423 e. The van der Waals surface area contributed by atoms with E-state index in [0.717, 1.165) is 31.0 Å². The Kier molecular flexibility index (Phi) is 6.74. The Hall–Kier alpha value is -2.67. The van der Waals surface area contributed by atoms with E-state index in [-0.39, 0.29) is 16.9 Å². The zero-order valence-corrected chi connectivity index (χ0v) is 14.7. The highest BCUT2D eigenvalue weighted by Crippen LogP contribution is 2.30. The zero-order chi connectivity index (χ0) is 20.0. The number of esters is 1. The van der Waals surface area contributed by atoms with E-state index in [0.29, 0.717) is 0 Å². The molecule has 0 N–H and O–H groups in total. The number of ether oxygens (including phenoxy) is 2. The van der Waals surface area contributed by atoms with Gasteiger partial charge in [0.15, 0.2) is 0 Å². The fourth-order valence-corrected chi connectivity index (χ4v) is 2.32. The second-order valence-electron chi connectivity index (χ2n) is 5.71. The van der Waals surface area contributed by atoms with Crippen LogP contribution in [0, 0.1) is 5.82 Å². The van der Waals surface area contributed by atoms with Crippen molar-refractivity contribution in [1.82, 2.24) is 0 Å². The lowest BCUT2D eigenvalue weighted by Gasteiger charge is -2.16. The van der Waals surface area contributed by atoms with Crippen LogP contribution in [0.1, 0.15) is 47.9 Å². The second-order valence-corrected chi connectivity index (χ2v) is 5.71. The first-order valence-electron chi connectivity index (χ1n) is 8.22. The van der Waals surface area contributed by atoms with Crippen LogP contribution in [0.3, 0.4) is 0 Å². The number of halogens is 4. The van der Waals surface area contributed by atoms with E-state index in [2.05, 4.69) is 4.74 Å². The molecule has 7 heteroatoms. The maximum absolute atomic E-state index is 14.1. The molecule has 0 aromatic heterocycles. The van der Waals surface area contributed by atoms with E-state index in [4.69, 9.17) is 4.74 Å². The molecule has 0 spiro atoms. The Morgan fingerprint density at radius 3 is 2.37 bits per heavy atom. The molecule has 2 rings (SSSR count). The molecular formula is C20H18F4O3. The lowest BCUT2D eigenvalue weighted by atomic mass is 10.1. The van der Waals surface area contributed by atoms with Crippen LogP contribution in [0.2, 0.25) is 0 Å². The number of carbonyl (C=O) groups excluding carboxylic acids is 1. The van der Waals surface area contributed by atoms with Crippen molar-refractivity contribution < 1.29 is 31.8 Å². The zero-order valence-electron chi connectivity index (χ0n) is 14.7. The van der Waals surface area contributed by atoms with Gasteiger partial charge in [-0.15, -0.1) is 13.2 Å². The van der Waals surface area contributed by atoms with Crippen molar-refractivity contribution in [2.75, 3.05) is 0 Å². The predicted molar refractivity (Wildman–Crippen MR) is 92.7 cm³/mol. The standard InChI is InChI=1S/C20H18F4O3/c1-3-4-5-14-6-8-15(9-7-14)19(25)26-16-10-11-17(18(21)12-16)13(2)27-20(22,23)24/h4-13H,3H2,1-2H3/b5-4+. The third-order valence-corrected chi connectivity index (χ3v) is 3.62. The van der Waals surface area contributed by atoms with Gasteiger partial charge in [-0.1, -0.05) is 31.2 Å². The molecule has 27 heavy (non-hydrogen) atoms. The first-order chi connectivity index (χ1) is 12.7. The molecule has 144 valence electrons. The molecule has 0 saturated heterocycles. The van der Waals surface area contributed by atoms with Gasteiger partial charge in [0.25, 0.3) is 0 Å². The molecule has 0 aliphatic rings. The average Bonchev–Trinajstić information content (AvgIpc) is 2.58. The minimum atomic E-state index is -4.88. The number of allylic oxidation sites excluding steroid dienone is 1. The summed E-state index contributed by atoms with van der Waals surface area (Å²) in [5.41, 5.74) is 0.892. The molecule has 0 heterocycles. The lowest BCUT2D eigenvalue weighted by Crippen LogP contribution is -2.17. The summed E-state index contributed by atoms with van der Waals surface area (Å²) in [7, 11) is 0. The molecule has 0 amide bonds. The molecular weight excluding hydrogens is 364 g/mol. The van der Waals surface area contributed by atoms with E-state index < -0.39 is 24.3 Å². The maximum Gasteiger partial charge on any atom is 0.523 e. The van der Waals surface area contributed by atoms with E-state index in [1.165, 1.54) is 6.07 Å². The Morgan fingerprint density at radius 1 is 1.15 bits per heavy atom. The van der Waals surface area contributed by atoms with Crippen LogP contribution in [-0.4, -0.2) is 12.3 Å². The number of hydrogen-bond donors (Lipinski definition) is 0. The highest BCUT2D eigenvalue weighted by molar-refractivity contribution is 5.91. The number of carbonyl (C=O) groups is 1. The number of benzene rings is 2. The van der Waals surface area contributed by atoms with E-state index in [1.807, 2.05) is 19.1 Å². The fourth-order valence-electron chi connectivity index (χ4n) is 2.32. The quantitative estimate of drug-likeness (QED) is 0.346. The van der Waals surface area contributed by atoms with Gasteiger partial charge in [-0.25, -0.2) is 9.18 Å². The van der Waals surface area contributed by atoms with Gasteiger partial charge < -0.3 is 4.74 Å². The largest absolute Gasteiger partial charge is 0.523 e. The summed E-state index contributed by atoms with van der Waals surface area (Å²) in [6.45, 7) is 3.08. The minimum Gasteiger partial charge on any atom is -0.423 e. The van der Waals surface area contributed by atoms with E-state index >= 15 is 0 Å². The summed E-state index contributed by atoms with van der Waals surface area (Å²) < 4.78 is 59.6. The van der Waals surface area contributed by atoms with Gasteiger partial charge in [0.1, 0.15) is 11.6 Å². The molecule has 0 aliphatic heterocycles. The van der Waals surface area contributed by atoms with Crippen LogP contribution in [0.25, 0.3) is 6.08 Å². The van der Waals surface area contributed by atoms with Crippen LogP contribution in [0.4, 0.5) is 17.6 Å². The van der Waals surface area contributed by atoms with Crippen molar-refractivity contribution >= 4 is 12.0 Å². The SMILES string of the molecule is CC/C=C/c1ccc(C(=O)Oc2ccc(C(C)OC(F)(F)F)c(F)c2)cc1. The minimum absolute atomic E-state index is 0.115. The Bertz CT molecular complexity index is 811. The van der Waals surface area contributed by atoms with Crippen molar-refractivity contribution in [1.29, 1.82) is 0 Å². The van der Waals surface area contributed by atoms with Crippen molar-refractivity contribution in [3.63, 3.8) is 0 Å². The molecule has 3 nitrogen and oxygen atoms in total. The number of alkyl halides is 3. The van der Waals surface area contributed by atoms with Gasteiger partial charge in [0, 0.05) is 11.6 Å². The lowest BCUT2D eigenvalue weighted by molar-refractivity contribution is -0.342. The van der Waals surface area contributed by atoms with Gasteiger partial charge >= 0.3 is 12.3 Å². The predicted octanol–water partition coefficient (Wildman–Crippen LogP) is 6.07. The highest BCUT2D eigenvalue weighted by Gasteiger charge is 2.33. The van der Waals surface area contributed by atoms with Crippen molar-refractivity contribution in [3.8, 4) is 5.75 Å². The van der Waals surface area contributed by atoms with Gasteiger partial charge in [-0.3, -0.25) is 4.74 Å². The van der Waals surface area contributed by atoms with Crippen LogP contribution in [-0.2, 0) is 4.74 Å². The summed E-state index contributed by atoms with van der Waals surface area (Å²) in [6, 6.07) is 9.77. The Morgan fingerprint density at radius 2 is 1.81 bits per heavy atom. The van der Waals surface area contributed by atoms with Crippen LogP contribution in [0.15, 0.2) is 48.5 Å². The van der Waals surface area contributed by atoms with Crippen LogP contribution >= 0.6 is 0 Å². The van der Waals surface area contributed by atoms with Gasteiger partial charge in [-0.05, 0) is 43.2 Å². The molecule has 2 aromatic rings. The van der Waals surface area contributed by atoms with Crippen molar-refractivity contribution in [2.24, 2.45) is 0 Å². The monoisotopic (exact) mass is 382 g/mol. The number of rotatable bonds is 6. The van der Waals surface area contributed by atoms with Crippen molar-refractivity contribution in [2.45, 2.75) is 32.7 Å². The maximum atomic E-state index is 14.1. The molecule has 1 unspecified atom stereocenters. The van der Waals surface area contributed by atoms with Crippen LogP contribution < -0.4 is 4.74 Å². The Labute approximate surface area is 154 Å². The van der Waals surface area contributed by atoms with Crippen molar-refractivity contribution in [3.05, 3.63) is 71.0 Å². The molecule has 1 atom stereocenters. The fraction of sp³-hybridized carbons (Fsp3) is 0.250. The molecule has 0 radical (unpaired) electrons. The third kappa shape index (κ3) is 6.21. The van der Waals surface area contributed by atoms with E-state index in [9.17, 15) is 22.4 Å². The Balaban J connectivity index is 2.08. The summed E-state index contributed by atoms with van der Waals surface area (Å²) in [5, 5.41) is 0. The van der Waals surface area contributed by atoms with Gasteiger partial charge in [0.05, 0.1) is 11.7 Å².